The molecular formula is C8H13ClN2O4. The van der Waals surface area contributed by atoms with Gasteiger partial charge in [0, 0.05) is 31.9 Å². The summed E-state index contributed by atoms with van der Waals surface area (Å²) in [4.78, 5) is 2.08. The Balaban J connectivity index is 0.000000336. The van der Waals surface area contributed by atoms with Crippen LogP contribution in [0.25, 0.3) is 0 Å². The van der Waals surface area contributed by atoms with Crippen LogP contribution < -0.4 is 28.1 Å². The maximum Gasteiger partial charge on any atom is 0.170 e. The van der Waals surface area contributed by atoms with Crippen molar-refractivity contribution in [3.63, 3.8) is 0 Å². The molecule has 0 saturated carbocycles. The van der Waals surface area contributed by atoms with Crippen LogP contribution in [0.2, 0.25) is 0 Å². The molecule has 1 aromatic rings. The fourth-order valence-corrected chi connectivity index (χ4v) is 0.791. The van der Waals surface area contributed by atoms with Gasteiger partial charge >= 0.3 is 0 Å². The molecular weight excluding hydrogens is 224 g/mol. The van der Waals surface area contributed by atoms with Gasteiger partial charge in [-0.15, -0.1) is 10.2 Å². The standard InChI is InChI=1S/C8H13N2.ClHO4/c1-9(2)8-4-6-10(3)7-5-8;2-1(3,4)5/h4-7H,1-3H3;(H,2,3,4,5)/q+1;/p-1. The lowest BCUT2D eigenvalue weighted by Crippen LogP contribution is -2.68. The Labute approximate surface area is 90.4 Å². The van der Waals surface area contributed by atoms with Crippen molar-refractivity contribution < 1.29 is 33.4 Å². The summed E-state index contributed by atoms with van der Waals surface area (Å²) in [5, 5.41) is 0. The van der Waals surface area contributed by atoms with E-state index in [1.807, 2.05) is 38.1 Å². The van der Waals surface area contributed by atoms with Gasteiger partial charge in [-0.25, -0.2) is 23.2 Å². The number of pyridine rings is 1. The fourth-order valence-electron chi connectivity index (χ4n) is 0.791. The molecule has 0 aliphatic carbocycles. The summed E-state index contributed by atoms with van der Waals surface area (Å²) in [5.41, 5.74) is 1.23. The van der Waals surface area contributed by atoms with Crippen molar-refractivity contribution in [1.82, 2.24) is 0 Å². The highest BCUT2D eigenvalue weighted by Crippen LogP contribution is 2.04. The monoisotopic (exact) mass is 236 g/mol. The molecule has 0 atom stereocenters. The molecule has 86 valence electrons. The van der Waals surface area contributed by atoms with Gasteiger partial charge in [0.15, 0.2) is 12.4 Å². The molecule has 1 heterocycles. The molecule has 0 saturated heterocycles. The molecule has 1 rings (SSSR count). The van der Waals surface area contributed by atoms with Gasteiger partial charge in [-0.1, -0.05) is 0 Å². The third-order valence-corrected chi connectivity index (χ3v) is 1.48. The minimum absolute atomic E-state index is 1.23. The summed E-state index contributed by atoms with van der Waals surface area (Å²) >= 11 is 0. The Bertz CT molecular complexity index is 278. The van der Waals surface area contributed by atoms with Crippen molar-refractivity contribution in [3.8, 4) is 0 Å². The number of hydrogen-bond acceptors (Lipinski definition) is 5. The molecule has 0 unspecified atom stereocenters. The lowest BCUT2D eigenvalue weighted by Gasteiger charge is -2.17. The summed E-state index contributed by atoms with van der Waals surface area (Å²) in [6, 6.07) is 4.17. The minimum Gasteiger partial charge on any atom is -0.377 e. The second kappa shape index (κ2) is 5.84. The lowest BCUT2D eigenvalue weighted by molar-refractivity contribution is -2.00. The van der Waals surface area contributed by atoms with Crippen LogP contribution in [0, 0.1) is 10.2 Å². The molecule has 7 heteroatoms. The van der Waals surface area contributed by atoms with Crippen molar-refractivity contribution in [2.45, 2.75) is 0 Å². The second-order valence-corrected chi connectivity index (χ2v) is 3.75. The average Bonchev–Trinajstić information content (AvgIpc) is 2.01. The Hall–Kier alpha value is -0.920. The zero-order valence-corrected chi connectivity index (χ0v) is 9.47. The quantitative estimate of drug-likeness (QED) is 0.461. The van der Waals surface area contributed by atoms with Gasteiger partial charge in [-0.05, 0) is 0 Å². The first-order valence-electron chi connectivity index (χ1n) is 3.94. The molecule has 0 aliphatic heterocycles. The molecule has 1 aromatic heterocycles. The van der Waals surface area contributed by atoms with Crippen LogP contribution in [0.5, 0.6) is 0 Å². The first kappa shape index (κ1) is 14.1. The van der Waals surface area contributed by atoms with Crippen molar-refractivity contribution in [1.29, 1.82) is 0 Å². The van der Waals surface area contributed by atoms with Gasteiger partial charge in [-0.3, -0.25) is 0 Å². The lowest BCUT2D eigenvalue weighted by atomic mass is 10.4. The average molecular weight is 237 g/mol. The van der Waals surface area contributed by atoms with Gasteiger partial charge in [0.2, 0.25) is 0 Å². The van der Waals surface area contributed by atoms with E-state index in [4.69, 9.17) is 18.6 Å². The van der Waals surface area contributed by atoms with Gasteiger partial charge < -0.3 is 4.90 Å². The van der Waals surface area contributed by atoms with E-state index in [2.05, 4.69) is 17.0 Å². The minimum atomic E-state index is -4.94. The third kappa shape index (κ3) is 9.39. The Morgan fingerprint density at radius 1 is 1.07 bits per heavy atom. The van der Waals surface area contributed by atoms with Crippen LogP contribution in [0.15, 0.2) is 24.5 Å². The number of aromatic nitrogens is 1. The molecule has 0 radical (unpaired) electrons. The van der Waals surface area contributed by atoms with Crippen molar-refractivity contribution in [2.75, 3.05) is 19.0 Å². The van der Waals surface area contributed by atoms with E-state index in [1.165, 1.54) is 5.69 Å². The molecule has 0 bridgehead atoms. The summed E-state index contributed by atoms with van der Waals surface area (Å²) < 4.78 is 36.0. The van der Waals surface area contributed by atoms with E-state index >= 15 is 0 Å². The summed E-state index contributed by atoms with van der Waals surface area (Å²) in [7, 11) is 1.14. The molecule has 6 nitrogen and oxygen atoms in total. The summed E-state index contributed by atoms with van der Waals surface area (Å²) in [5.74, 6) is 0. The van der Waals surface area contributed by atoms with Crippen molar-refractivity contribution >= 4 is 5.69 Å². The van der Waals surface area contributed by atoms with Crippen LogP contribution in [0.4, 0.5) is 5.69 Å². The van der Waals surface area contributed by atoms with E-state index in [9.17, 15) is 0 Å². The topological polar surface area (TPSA) is 99.4 Å². The Kier molecular flexibility index (Phi) is 5.48. The number of aryl methyl sites for hydroxylation is 1. The van der Waals surface area contributed by atoms with Crippen LogP contribution in [0.3, 0.4) is 0 Å². The number of nitrogens with zero attached hydrogens (tertiary/aromatic N) is 2. The number of rotatable bonds is 1. The van der Waals surface area contributed by atoms with Gasteiger partial charge in [-0.2, -0.15) is 0 Å². The summed E-state index contributed by atoms with van der Waals surface area (Å²) in [6.45, 7) is 0. The molecule has 15 heavy (non-hydrogen) atoms. The molecule has 0 aromatic carbocycles. The third-order valence-electron chi connectivity index (χ3n) is 1.48. The predicted molar refractivity (Wildman–Crippen MR) is 41.9 cm³/mol. The van der Waals surface area contributed by atoms with E-state index < -0.39 is 10.2 Å². The molecule has 0 spiro atoms. The van der Waals surface area contributed by atoms with Crippen LogP contribution in [-0.2, 0) is 7.05 Å². The SMILES string of the molecule is CN(C)c1cc[n+](C)cc1.[O-][Cl+3]([O-])([O-])[O-]. The molecule has 0 fully saturated rings. The first-order valence-corrected chi connectivity index (χ1v) is 5.18. The maximum atomic E-state index is 8.49. The fraction of sp³-hybridized carbons (Fsp3) is 0.375. The zero-order chi connectivity index (χ0) is 12.1. The van der Waals surface area contributed by atoms with Crippen molar-refractivity contribution in [2.24, 2.45) is 7.05 Å². The van der Waals surface area contributed by atoms with Gasteiger partial charge in [0.25, 0.3) is 0 Å². The van der Waals surface area contributed by atoms with Gasteiger partial charge in [0.05, 0.1) is 0 Å². The van der Waals surface area contributed by atoms with E-state index in [0.29, 0.717) is 0 Å². The summed E-state index contributed by atoms with van der Waals surface area (Å²) in [6.07, 6.45) is 4.07. The van der Waals surface area contributed by atoms with Crippen LogP contribution in [-0.4, -0.2) is 14.1 Å². The maximum absolute atomic E-state index is 8.49. The van der Waals surface area contributed by atoms with E-state index in [0.717, 1.165) is 0 Å². The van der Waals surface area contributed by atoms with Crippen LogP contribution >= 0.6 is 0 Å². The van der Waals surface area contributed by atoms with Crippen molar-refractivity contribution in [3.05, 3.63) is 24.5 Å². The second-order valence-electron chi connectivity index (χ2n) is 2.99. The van der Waals surface area contributed by atoms with Crippen LogP contribution in [0.1, 0.15) is 0 Å². The smallest absolute Gasteiger partial charge is 0.170 e. The number of anilines is 1. The highest BCUT2D eigenvalue weighted by atomic mass is 35.7. The van der Waals surface area contributed by atoms with E-state index in [-0.39, 0.29) is 0 Å². The number of hydrogen-bond donors (Lipinski definition) is 0. The normalized spacial score (nSPS) is 10.3. The van der Waals surface area contributed by atoms with Gasteiger partial charge in [0.1, 0.15) is 7.05 Å². The zero-order valence-electron chi connectivity index (χ0n) is 8.71. The molecule has 0 aliphatic rings. The molecule has 0 amide bonds. The first-order chi connectivity index (χ1) is 6.70. The van der Waals surface area contributed by atoms with E-state index in [1.54, 1.807) is 0 Å². The highest BCUT2D eigenvalue weighted by Gasteiger charge is 1.95. The molecule has 0 N–H and O–H groups in total. The number of halogens is 1. The Morgan fingerprint density at radius 2 is 1.40 bits per heavy atom. The highest BCUT2D eigenvalue weighted by molar-refractivity contribution is 5.41. The largest absolute Gasteiger partial charge is 0.377 e. The predicted octanol–water partition coefficient (Wildman–Crippen LogP) is -4.18. The Morgan fingerprint density at radius 3 is 1.67 bits per heavy atom.